The van der Waals surface area contributed by atoms with Crippen LogP contribution in [0.15, 0.2) is 48.1 Å². The lowest BCUT2D eigenvalue weighted by molar-refractivity contribution is 0.206. The predicted molar refractivity (Wildman–Crippen MR) is 106 cm³/mol. The second-order valence-corrected chi connectivity index (χ2v) is 7.10. The molecule has 27 heavy (non-hydrogen) atoms. The molecule has 2 aromatic heterocycles. The molecule has 0 atom stereocenters. The van der Waals surface area contributed by atoms with E-state index in [1.165, 1.54) is 16.9 Å². The topological polar surface area (TPSA) is 67.3 Å². The van der Waals surface area contributed by atoms with Crippen LogP contribution in [0.1, 0.15) is 18.1 Å². The number of pyridine rings is 1. The molecule has 0 aliphatic carbocycles. The first kappa shape index (κ1) is 17.5. The van der Waals surface area contributed by atoms with Gasteiger partial charge in [0.15, 0.2) is 5.13 Å². The lowest BCUT2D eigenvalue weighted by atomic mass is 10.00. The van der Waals surface area contributed by atoms with E-state index >= 15 is 0 Å². The molecule has 6 nitrogen and oxygen atoms in total. The molecule has 0 fully saturated rings. The first-order chi connectivity index (χ1) is 13.2. The van der Waals surface area contributed by atoms with Crippen molar-refractivity contribution >= 4 is 22.5 Å². The molecule has 4 rings (SSSR count). The van der Waals surface area contributed by atoms with Gasteiger partial charge in [0, 0.05) is 36.4 Å². The summed E-state index contributed by atoms with van der Waals surface area (Å²) in [5.41, 5.74) is 4.16. The average Bonchev–Trinajstić information content (AvgIpc) is 3.17. The van der Waals surface area contributed by atoms with Crippen LogP contribution in [0, 0.1) is 0 Å². The molecular weight excluding hydrogens is 360 g/mol. The maximum atomic E-state index is 12.7. The highest BCUT2D eigenvalue weighted by atomic mass is 32.1. The van der Waals surface area contributed by atoms with Gasteiger partial charge in [0.2, 0.25) is 0 Å². The van der Waals surface area contributed by atoms with Gasteiger partial charge in [-0.05, 0) is 48.7 Å². The Hall–Kier alpha value is -2.93. The minimum atomic E-state index is -0.130. The highest BCUT2D eigenvalue weighted by Crippen LogP contribution is 2.26. The van der Waals surface area contributed by atoms with Gasteiger partial charge in [-0.15, -0.1) is 11.3 Å². The van der Waals surface area contributed by atoms with Gasteiger partial charge in [-0.3, -0.25) is 10.3 Å². The highest BCUT2D eigenvalue weighted by Gasteiger charge is 2.22. The van der Waals surface area contributed by atoms with Crippen LogP contribution in [0.5, 0.6) is 5.75 Å². The van der Waals surface area contributed by atoms with Crippen molar-refractivity contribution in [2.45, 2.75) is 19.9 Å². The highest BCUT2D eigenvalue weighted by molar-refractivity contribution is 7.14. The lowest BCUT2D eigenvalue weighted by Crippen LogP contribution is -2.38. The normalized spacial score (nSPS) is 13.1. The number of hydrogen-bond acceptors (Lipinski definition) is 5. The Morgan fingerprint density at radius 3 is 3.07 bits per heavy atom. The summed E-state index contributed by atoms with van der Waals surface area (Å²) < 4.78 is 5.58. The zero-order valence-corrected chi connectivity index (χ0v) is 15.8. The van der Waals surface area contributed by atoms with Gasteiger partial charge in [0.05, 0.1) is 12.3 Å². The van der Waals surface area contributed by atoms with Crippen molar-refractivity contribution in [1.29, 1.82) is 0 Å². The van der Waals surface area contributed by atoms with E-state index in [-0.39, 0.29) is 6.03 Å². The van der Waals surface area contributed by atoms with Gasteiger partial charge in [-0.2, -0.15) is 0 Å². The zero-order valence-electron chi connectivity index (χ0n) is 15.0. The summed E-state index contributed by atoms with van der Waals surface area (Å²) in [6, 6.07) is 9.81. The number of ether oxygens (including phenoxy) is 1. The van der Waals surface area contributed by atoms with E-state index in [0.29, 0.717) is 24.8 Å². The fourth-order valence-corrected chi connectivity index (χ4v) is 3.82. The molecule has 1 N–H and O–H groups in total. The minimum absolute atomic E-state index is 0.130. The Morgan fingerprint density at radius 2 is 2.26 bits per heavy atom. The van der Waals surface area contributed by atoms with Gasteiger partial charge in [-0.25, -0.2) is 9.78 Å². The molecule has 1 aliphatic heterocycles. The van der Waals surface area contributed by atoms with Crippen LogP contribution in [0.3, 0.4) is 0 Å². The van der Waals surface area contributed by atoms with Crippen LogP contribution >= 0.6 is 11.3 Å². The molecular formula is C20H20N4O2S. The molecule has 7 heteroatoms. The van der Waals surface area contributed by atoms with E-state index in [2.05, 4.69) is 21.4 Å². The summed E-state index contributed by atoms with van der Waals surface area (Å²) in [4.78, 5) is 23.1. The smallest absolute Gasteiger partial charge is 0.323 e. The van der Waals surface area contributed by atoms with E-state index < -0.39 is 0 Å². The van der Waals surface area contributed by atoms with Crippen molar-refractivity contribution in [2.24, 2.45) is 0 Å². The van der Waals surface area contributed by atoms with Crippen molar-refractivity contribution in [3.8, 4) is 17.0 Å². The summed E-state index contributed by atoms with van der Waals surface area (Å²) in [6.07, 6.45) is 4.33. The predicted octanol–water partition coefficient (Wildman–Crippen LogP) is 4.19. The van der Waals surface area contributed by atoms with E-state index in [9.17, 15) is 4.79 Å². The van der Waals surface area contributed by atoms with E-state index in [1.54, 1.807) is 12.4 Å². The number of benzene rings is 1. The number of thiazole rings is 1. The molecule has 138 valence electrons. The molecule has 1 aliphatic rings. The third-order valence-electron chi connectivity index (χ3n) is 4.46. The number of urea groups is 1. The third-order valence-corrected chi connectivity index (χ3v) is 5.22. The summed E-state index contributed by atoms with van der Waals surface area (Å²) in [5, 5.41) is 5.43. The van der Waals surface area contributed by atoms with Gasteiger partial charge >= 0.3 is 6.03 Å². The molecule has 0 bridgehead atoms. The van der Waals surface area contributed by atoms with Crippen LogP contribution < -0.4 is 10.1 Å². The molecule has 2 amide bonds. The Morgan fingerprint density at radius 1 is 1.33 bits per heavy atom. The van der Waals surface area contributed by atoms with Gasteiger partial charge in [0.25, 0.3) is 0 Å². The maximum Gasteiger partial charge on any atom is 0.323 e. The SMILES string of the molecule is CCOc1ccc2c(c1)CN(C(=O)Nc1nc(-c3cccnc3)cs1)CC2. The number of hydrogen-bond donors (Lipinski definition) is 1. The van der Waals surface area contributed by atoms with Crippen molar-refractivity contribution in [3.63, 3.8) is 0 Å². The molecule has 0 saturated heterocycles. The zero-order chi connectivity index (χ0) is 18.6. The molecule has 0 saturated carbocycles. The standard InChI is InChI=1S/C20H20N4O2S/c1-2-26-17-6-5-14-7-9-24(12-16(14)10-17)20(25)23-19-22-18(13-27-19)15-4-3-8-21-11-15/h3-6,8,10-11,13H,2,7,9,12H2,1H3,(H,22,23,25). The fraction of sp³-hybridized carbons (Fsp3) is 0.250. The second kappa shape index (κ2) is 7.75. The number of carbonyl (C=O) groups excluding carboxylic acids is 1. The van der Waals surface area contributed by atoms with Crippen LogP contribution in [0.4, 0.5) is 9.93 Å². The van der Waals surface area contributed by atoms with Crippen molar-refractivity contribution in [1.82, 2.24) is 14.9 Å². The Bertz CT molecular complexity index is 942. The van der Waals surface area contributed by atoms with Gasteiger partial charge < -0.3 is 9.64 Å². The largest absolute Gasteiger partial charge is 0.494 e. The number of anilines is 1. The number of amides is 2. The van der Waals surface area contributed by atoms with Crippen molar-refractivity contribution < 1.29 is 9.53 Å². The number of carbonyl (C=O) groups is 1. The maximum absolute atomic E-state index is 12.7. The fourth-order valence-electron chi connectivity index (χ4n) is 3.11. The average molecular weight is 380 g/mol. The molecule has 3 aromatic rings. The van der Waals surface area contributed by atoms with E-state index in [0.717, 1.165) is 29.0 Å². The van der Waals surface area contributed by atoms with Crippen LogP contribution in [0.25, 0.3) is 11.3 Å². The number of aromatic nitrogens is 2. The molecule has 3 heterocycles. The van der Waals surface area contributed by atoms with E-state index in [4.69, 9.17) is 4.74 Å². The first-order valence-electron chi connectivity index (χ1n) is 8.89. The minimum Gasteiger partial charge on any atom is -0.494 e. The Labute approximate surface area is 161 Å². The first-order valence-corrected chi connectivity index (χ1v) is 9.77. The summed E-state index contributed by atoms with van der Waals surface area (Å²) in [5.74, 6) is 0.847. The Balaban J connectivity index is 1.43. The summed E-state index contributed by atoms with van der Waals surface area (Å²) >= 11 is 1.41. The third kappa shape index (κ3) is 3.93. The lowest BCUT2D eigenvalue weighted by Gasteiger charge is -2.29. The molecule has 0 unspecified atom stereocenters. The summed E-state index contributed by atoms with van der Waals surface area (Å²) in [7, 11) is 0. The summed E-state index contributed by atoms with van der Waals surface area (Å²) in [6.45, 7) is 3.86. The van der Waals surface area contributed by atoms with E-state index in [1.807, 2.05) is 41.5 Å². The van der Waals surface area contributed by atoms with Crippen LogP contribution in [-0.2, 0) is 13.0 Å². The van der Waals surface area contributed by atoms with Crippen LogP contribution in [0.2, 0.25) is 0 Å². The van der Waals surface area contributed by atoms with Gasteiger partial charge in [-0.1, -0.05) is 6.07 Å². The molecule has 1 aromatic carbocycles. The number of fused-ring (bicyclic) bond motifs is 1. The monoisotopic (exact) mass is 380 g/mol. The quantitative estimate of drug-likeness (QED) is 0.737. The molecule has 0 spiro atoms. The number of nitrogens with zero attached hydrogens (tertiary/aromatic N) is 3. The Kier molecular flexibility index (Phi) is 5.02. The second-order valence-electron chi connectivity index (χ2n) is 6.24. The number of nitrogens with one attached hydrogen (secondary N) is 1. The molecule has 0 radical (unpaired) electrons. The van der Waals surface area contributed by atoms with Crippen molar-refractivity contribution in [3.05, 3.63) is 59.2 Å². The van der Waals surface area contributed by atoms with Gasteiger partial charge in [0.1, 0.15) is 5.75 Å². The van der Waals surface area contributed by atoms with Crippen LogP contribution in [-0.4, -0.2) is 34.1 Å². The van der Waals surface area contributed by atoms with Crippen molar-refractivity contribution in [2.75, 3.05) is 18.5 Å². The number of rotatable bonds is 4.